The first-order valence-corrected chi connectivity index (χ1v) is 13.5. The molecule has 5 rings (SSSR count). The topological polar surface area (TPSA) is 39.1 Å². The minimum absolute atomic E-state index is 0.0968. The van der Waals surface area contributed by atoms with E-state index >= 15 is 0 Å². The van der Waals surface area contributed by atoms with E-state index in [1.807, 2.05) is 37.3 Å². The van der Waals surface area contributed by atoms with Gasteiger partial charge in [0.25, 0.3) is 10.0 Å². The standard InChI is InChI=1S/C26H30BrNO2S/c1-17-9-11-18(12-10-17)31(29,30)28-21-8-6-5-7-19(21)20-13-14-22-25(2,3)23(27)15-16-26(22,4)24(20)28/h5-12,22-23H,13-16H2,1-4H3/t22-,23-,26-/m0/s1. The highest BCUT2D eigenvalue weighted by molar-refractivity contribution is 9.09. The SMILES string of the molecule is Cc1ccc(S(=O)(=O)n2c3c(c4ccccc42)CC[C@H]2C(C)(C)[C@@H](Br)CC[C@]32C)cc1. The molecule has 0 spiro atoms. The number of halogens is 1. The lowest BCUT2D eigenvalue weighted by Crippen LogP contribution is -2.53. The molecule has 5 heteroatoms. The van der Waals surface area contributed by atoms with Crippen molar-refractivity contribution in [2.24, 2.45) is 11.3 Å². The van der Waals surface area contributed by atoms with Crippen molar-refractivity contribution in [2.45, 2.75) is 68.5 Å². The van der Waals surface area contributed by atoms with E-state index in [9.17, 15) is 8.42 Å². The van der Waals surface area contributed by atoms with Crippen molar-refractivity contribution in [2.75, 3.05) is 0 Å². The van der Waals surface area contributed by atoms with Gasteiger partial charge in [0.05, 0.1) is 10.4 Å². The number of rotatable bonds is 2. The van der Waals surface area contributed by atoms with Crippen LogP contribution in [0, 0.1) is 18.3 Å². The molecular weight excluding hydrogens is 470 g/mol. The maximum Gasteiger partial charge on any atom is 0.268 e. The van der Waals surface area contributed by atoms with Crippen molar-refractivity contribution in [1.82, 2.24) is 3.97 Å². The van der Waals surface area contributed by atoms with Gasteiger partial charge in [0.1, 0.15) is 0 Å². The average Bonchev–Trinajstić information content (AvgIpc) is 3.08. The molecule has 3 aromatic rings. The Morgan fingerprint density at radius 2 is 1.68 bits per heavy atom. The third-order valence-corrected chi connectivity index (χ3v) is 11.5. The molecule has 2 aliphatic carbocycles. The van der Waals surface area contributed by atoms with Crippen molar-refractivity contribution < 1.29 is 8.42 Å². The molecular formula is C26H30BrNO2S. The van der Waals surface area contributed by atoms with Gasteiger partial charge in [0, 0.05) is 21.3 Å². The highest BCUT2D eigenvalue weighted by Crippen LogP contribution is 2.60. The number of hydrogen-bond acceptors (Lipinski definition) is 2. The molecule has 1 saturated carbocycles. The zero-order chi connectivity index (χ0) is 22.2. The summed E-state index contributed by atoms with van der Waals surface area (Å²) in [6.07, 6.45) is 4.06. The van der Waals surface area contributed by atoms with Crippen LogP contribution in [0.5, 0.6) is 0 Å². The second-order valence-electron chi connectivity index (χ2n) is 10.3. The molecule has 0 N–H and O–H groups in total. The van der Waals surface area contributed by atoms with Crippen molar-refractivity contribution in [3.8, 4) is 0 Å². The lowest BCUT2D eigenvalue weighted by molar-refractivity contribution is 0.0465. The molecule has 2 aromatic carbocycles. The Hall–Kier alpha value is -1.59. The fourth-order valence-corrected chi connectivity index (χ4v) is 8.66. The van der Waals surface area contributed by atoms with Crippen LogP contribution in [0.2, 0.25) is 0 Å². The van der Waals surface area contributed by atoms with Crippen molar-refractivity contribution in [1.29, 1.82) is 0 Å². The highest BCUT2D eigenvalue weighted by atomic mass is 79.9. The van der Waals surface area contributed by atoms with Crippen LogP contribution in [-0.2, 0) is 21.9 Å². The maximum absolute atomic E-state index is 14.1. The van der Waals surface area contributed by atoms with Gasteiger partial charge in [0.2, 0.25) is 0 Å². The number of aryl methyl sites for hydroxylation is 2. The van der Waals surface area contributed by atoms with Gasteiger partial charge < -0.3 is 0 Å². The molecule has 0 saturated heterocycles. The van der Waals surface area contributed by atoms with Gasteiger partial charge in [0.15, 0.2) is 0 Å². The van der Waals surface area contributed by atoms with Crippen LogP contribution in [0.1, 0.15) is 56.9 Å². The van der Waals surface area contributed by atoms with Gasteiger partial charge in [-0.25, -0.2) is 12.4 Å². The molecule has 2 aliphatic rings. The monoisotopic (exact) mass is 499 g/mol. The first-order valence-electron chi connectivity index (χ1n) is 11.2. The summed E-state index contributed by atoms with van der Waals surface area (Å²) in [6, 6.07) is 15.3. The zero-order valence-corrected chi connectivity index (χ0v) is 21.1. The molecule has 3 atom stereocenters. The number of hydrogen-bond donors (Lipinski definition) is 0. The van der Waals surface area contributed by atoms with Gasteiger partial charge in [-0.05, 0) is 67.7 Å². The number of aromatic nitrogens is 1. The van der Waals surface area contributed by atoms with E-state index in [4.69, 9.17) is 0 Å². The Labute approximate surface area is 194 Å². The summed E-state index contributed by atoms with van der Waals surface area (Å²) in [5.74, 6) is 0.418. The number of alkyl halides is 1. The summed E-state index contributed by atoms with van der Waals surface area (Å²) >= 11 is 3.95. The molecule has 0 unspecified atom stereocenters. The number of fused-ring (bicyclic) bond motifs is 5. The maximum atomic E-state index is 14.1. The van der Waals surface area contributed by atoms with Crippen LogP contribution in [0.25, 0.3) is 10.9 Å². The Morgan fingerprint density at radius 3 is 2.39 bits per heavy atom. The fraction of sp³-hybridized carbons (Fsp3) is 0.462. The molecule has 1 fully saturated rings. The van der Waals surface area contributed by atoms with E-state index in [1.54, 1.807) is 16.1 Å². The second kappa shape index (κ2) is 6.95. The lowest BCUT2D eigenvalue weighted by Gasteiger charge is -2.55. The van der Waals surface area contributed by atoms with Gasteiger partial charge in [-0.2, -0.15) is 0 Å². The minimum atomic E-state index is -3.72. The molecule has 164 valence electrons. The molecule has 0 radical (unpaired) electrons. The van der Waals surface area contributed by atoms with Crippen molar-refractivity contribution in [3.63, 3.8) is 0 Å². The van der Waals surface area contributed by atoms with Crippen LogP contribution < -0.4 is 0 Å². The minimum Gasteiger partial charge on any atom is -0.237 e. The van der Waals surface area contributed by atoms with Gasteiger partial charge in [-0.15, -0.1) is 0 Å². The second-order valence-corrected chi connectivity index (χ2v) is 13.2. The number of benzene rings is 2. The first kappa shape index (κ1) is 21.3. The Morgan fingerprint density at radius 1 is 1.00 bits per heavy atom. The van der Waals surface area contributed by atoms with Crippen LogP contribution in [-0.4, -0.2) is 17.2 Å². The quantitative estimate of drug-likeness (QED) is 0.373. The summed E-state index contributed by atoms with van der Waals surface area (Å²) in [7, 11) is -3.72. The molecule has 0 aliphatic heterocycles. The predicted molar refractivity (Wildman–Crippen MR) is 131 cm³/mol. The van der Waals surface area contributed by atoms with E-state index in [0.717, 1.165) is 47.8 Å². The van der Waals surface area contributed by atoms with Crippen molar-refractivity contribution >= 4 is 36.9 Å². The molecule has 0 bridgehead atoms. The van der Waals surface area contributed by atoms with Crippen LogP contribution >= 0.6 is 15.9 Å². The largest absolute Gasteiger partial charge is 0.268 e. The molecule has 3 nitrogen and oxygen atoms in total. The van der Waals surface area contributed by atoms with E-state index in [-0.39, 0.29) is 10.8 Å². The highest BCUT2D eigenvalue weighted by Gasteiger charge is 2.55. The normalized spacial score (nSPS) is 27.6. The summed E-state index contributed by atoms with van der Waals surface area (Å²) in [5.41, 5.74) is 4.04. The lowest BCUT2D eigenvalue weighted by atomic mass is 9.51. The van der Waals surface area contributed by atoms with Crippen LogP contribution in [0.4, 0.5) is 0 Å². The van der Waals surface area contributed by atoms with Gasteiger partial charge in [-0.3, -0.25) is 0 Å². The van der Waals surface area contributed by atoms with E-state index in [2.05, 4.69) is 42.8 Å². The van der Waals surface area contributed by atoms with E-state index in [1.165, 1.54) is 5.56 Å². The zero-order valence-electron chi connectivity index (χ0n) is 18.7. The van der Waals surface area contributed by atoms with Gasteiger partial charge in [-0.1, -0.05) is 72.6 Å². The Balaban J connectivity index is 1.84. The van der Waals surface area contributed by atoms with Crippen molar-refractivity contribution in [3.05, 3.63) is 65.4 Å². The summed E-state index contributed by atoms with van der Waals surface area (Å²) in [6.45, 7) is 8.99. The van der Waals surface area contributed by atoms with E-state index < -0.39 is 10.0 Å². The van der Waals surface area contributed by atoms with Gasteiger partial charge >= 0.3 is 0 Å². The predicted octanol–water partition coefficient (Wildman–Crippen LogP) is 6.59. The molecule has 31 heavy (non-hydrogen) atoms. The molecule has 1 heterocycles. The van der Waals surface area contributed by atoms with Crippen LogP contribution in [0.15, 0.2) is 53.4 Å². The third-order valence-electron chi connectivity index (χ3n) is 8.11. The smallest absolute Gasteiger partial charge is 0.237 e. The first-order chi connectivity index (χ1) is 14.6. The Bertz CT molecular complexity index is 1270. The molecule has 0 amide bonds. The summed E-state index contributed by atoms with van der Waals surface area (Å²) < 4.78 is 29.9. The fourth-order valence-electron chi connectivity index (χ4n) is 6.45. The average molecular weight is 501 g/mol. The van der Waals surface area contributed by atoms with Crippen LogP contribution in [0.3, 0.4) is 0 Å². The Kier molecular flexibility index (Phi) is 4.77. The number of para-hydroxylation sites is 1. The molecule has 1 aromatic heterocycles. The van der Waals surface area contributed by atoms with E-state index in [0.29, 0.717) is 15.6 Å². The number of nitrogens with zero attached hydrogens (tertiary/aromatic N) is 1. The summed E-state index contributed by atoms with van der Waals surface area (Å²) in [4.78, 5) is 0.812. The summed E-state index contributed by atoms with van der Waals surface area (Å²) in [5, 5.41) is 1.09. The third kappa shape index (κ3) is 2.92.